The van der Waals surface area contributed by atoms with E-state index in [1.54, 1.807) is 0 Å². The summed E-state index contributed by atoms with van der Waals surface area (Å²) < 4.78 is 6.05. The topological polar surface area (TPSA) is 43.4 Å². The Morgan fingerprint density at radius 2 is 2.25 bits per heavy atom. The van der Waals surface area contributed by atoms with Crippen LogP contribution in [0, 0.1) is 23.2 Å². The maximum Gasteiger partial charge on any atom is 0.324 e. The van der Waals surface area contributed by atoms with E-state index in [-0.39, 0.29) is 23.3 Å². The molecule has 0 aliphatic heterocycles. The zero-order valence-electron chi connectivity index (χ0n) is 12.1. The van der Waals surface area contributed by atoms with Gasteiger partial charge in [-0.1, -0.05) is 19.1 Å². The van der Waals surface area contributed by atoms with E-state index in [0.717, 1.165) is 25.2 Å². The van der Waals surface area contributed by atoms with E-state index < -0.39 is 5.41 Å². The van der Waals surface area contributed by atoms with Gasteiger partial charge in [0.05, 0.1) is 0 Å². The van der Waals surface area contributed by atoms with Crippen LogP contribution >= 0.6 is 0 Å². The van der Waals surface area contributed by atoms with Crippen LogP contribution < -0.4 is 0 Å². The maximum absolute atomic E-state index is 12.7. The third-order valence-electron chi connectivity index (χ3n) is 6.42. The van der Waals surface area contributed by atoms with E-state index in [0.29, 0.717) is 12.3 Å². The van der Waals surface area contributed by atoms with Crippen LogP contribution in [0.1, 0.15) is 51.9 Å². The smallest absolute Gasteiger partial charge is 0.324 e. The first-order chi connectivity index (χ1) is 9.59. The summed E-state index contributed by atoms with van der Waals surface area (Å²) >= 11 is 0. The number of allylic oxidation sites excluding steroid dienone is 1. The number of Topliss-reactive ketones (excluding diaryl/α,β-unsaturated/α-hetero) is 1. The summed E-state index contributed by atoms with van der Waals surface area (Å²) in [6.07, 6.45) is 10.8. The van der Waals surface area contributed by atoms with Crippen molar-refractivity contribution in [3.63, 3.8) is 0 Å². The molecule has 0 radical (unpaired) electrons. The van der Waals surface area contributed by atoms with Crippen LogP contribution in [0.5, 0.6) is 0 Å². The van der Waals surface area contributed by atoms with Crippen molar-refractivity contribution in [3.05, 3.63) is 12.2 Å². The molecule has 0 N–H and O–H groups in total. The highest BCUT2D eigenvalue weighted by molar-refractivity contribution is 6.11. The van der Waals surface area contributed by atoms with Crippen molar-refractivity contribution in [2.45, 2.75) is 57.5 Å². The molecule has 0 aromatic carbocycles. The number of carbonyl (C=O) groups excluding carboxylic acids is 2. The van der Waals surface area contributed by atoms with Gasteiger partial charge in [-0.25, -0.2) is 0 Å². The van der Waals surface area contributed by atoms with Crippen molar-refractivity contribution in [3.8, 4) is 0 Å². The van der Waals surface area contributed by atoms with E-state index in [1.807, 2.05) is 12.2 Å². The Morgan fingerprint density at radius 3 is 2.70 bits per heavy atom. The third kappa shape index (κ3) is 1.41. The Balaban J connectivity index is 1.58. The zero-order valence-corrected chi connectivity index (χ0v) is 12.1. The molecule has 3 fully saturated rings. The van der Waals surface area contributed by atoms with Gasteiger partial charge >= 0.3 is 5.97 Å². The fourth-order valence-corrected chi connectivity index (χ4v) is 5.17. The van der Waals surface area contributed by atoms with Crippen molar-refractivity contribution in [2.24, 2.45) is 23.2 Å². The Hall–Kier alpha value is -1.12. The molecule has 5 unspecified atom stereocenters. The first-order valence-corrected chi connectivity index (χ1v) is 8.07. The molecule has 0 spiro atoms. The van der Waals surface area contributed by atoms with Crippen LogP contribution in [-0.2, 0) is 14.3 Å². The average Bonchev–Trinajstić information content (AvgIpc) is 3.20. The number of esters is 1. The van der Waals surface area contributed by atoms with Gasteiger partial charge in [0.2, 0.25) is 0 Å². The number of fused-ring (bicyclic) bond motifs is 4. The molecule has 0 aromatic rings. The van der Waals surface area contributed by atoms with Crippen LogP contribution in [-0.4, -0.2) is 17.4 Å². The molecule has 0 heterocycles. The number of ketones is 1. The highest BCUT2D eigenvalue weighted by atomic mass is 16.6. The lowest BCUT2D eigenvalue weighted by molar-refractivity contribution is -0.176. The highest BCUT2D eigenvalue weighted by Crippen LogP contribution is 2.56. The monoisotopic (exact) mass is 274 g/mol. The van der Waals surface area contributed by atoms with Crippen molar-refractivity contribution >= 4 is 11.8 Å². The zero-order chi connectivity index (χ0) is 14.0. The normalized spacial score (nSPS) is 48.2. The van der Waals surface area contributed by atoms with E-state index >= 15 is 0 Å². The first-order valence-electron chi connectivity index (χ1n) is 8.07. The number of hydrogen-bond donors (Lipinski definition) is 0. The van der Waals surface area contributed by atoms with E-state index in [4.69, 9.17) is 4.74 Å². The number of rotatable bonds is 3. The third-order valence-corrected chi connectivity index (χ3v) is 6.42. The van der Waals surface area contributed by atoms with Crippen molar-refractivity contribution < 1.29 is 14.3 Å². The highest BCUT2D eigenvalue weighted by Gasteiger charge is 2.59. The van der Waals surface area contributed by atoms with E-state index in [2.05, 4.69) is 6.92 Å². The molecule has 3 heteroatoms. The molecule has 3 saturated carbocycles. The summed E-state index contributed by atoms with van der Waals surface area (Å²) in [5.74, 6) is 1.05. The standard InChI is InChI=1S/C17H22O3/c1-2-17(10-11-3-4-13(17)9-11)20-15(19)16-7-5-12(6-8-16)14(16)18/h5,7,11-13H,2-4,6,8-10H2,1H3. The summed E-state index contributed by atoms with van der Waals surface area (Å²) in [6.45, 7) is 2.12. The molecule has 5 atom stereocenters. The number of hydrogen-bond acceptors (Lipinski definition) is 3. The second-order valence-corrected chi connectivity index (χ2v) is 7.23. The molecule has 3 nitrogen and oxygen atoms in total. The lowest BCUT2D eigenvalue weighted by atomic mass is 9.81. The van der Waals surface area contributed by atoms with Crippen LogP contribution in [0.15, 0.2) is 12.2 Å². The molecule has 4 rings (SSSR count). The summed E-state index contributed by atoms with van der Waals surface area (Å²) in [7, 11) is 0. The van der Waals surface area contributed by atoms with Gasteiger partial charge in [0.25, 0.3) is 0 Å². The Bertz CT molecular complexity index is 508. The Labute approximate surface area is 119 Å². The van der Waals surface area contributed by atoms with Gasteiger partial charge in [-0.05, 0) is 56.8 Å². The second-order valence-electron chi connectivity index (χ2n) is 7.23. The number of carbonyl (C=O) groups is 2. The SMILES string of the molecule is CCC1(OC(=O)C23C=CC(CC2)C3=O)CC2CCC1C2. The van der Waals surface area contributed by atoms with Crippen LogP contribution in [0.3, 0.4) is 0 Å². The summed E-state index contributed by atoms with van der Waals surface area (Å²) in [5.41, 5.74) is -1.20. The average molecular weight is 274 g/mol. The van der Waals surface area contributed by atoms with Gasteiger partial charge in [-0.3, -0.25) is 9.59 Å². The van der Waals surface area contributed by atoms with E-state index in [9.17, 15) is 9.59 Å². The molecule has 4 bridgehead atoms. The predicted molar refractivity (Wildman–Crippen MR) is 73.9 cm³/mol. The minimum atomic E-state index is -0.922. The number of ether oxygens (including phenoxy) is 1. The molecule has 4 aliphatic carbocycles. The largest absolute Gasteiger partial charge is 0.458 e. The molecular weight excluding hydrogens is 252 g/mol. The molecule has 0 aromatic heterocycles. The molecule has 20 heavy (non-hydrogen) atoms. The fraction of sp³-hybridized carbons (Fsp3) is 0.765. The van der Waals surface area contributed by atoms with Crippen molar-refractivity contribution in [2.75, 3.05) is 0 Å². The van der Waals surface area contributed by atoms with Gasteiger partial charge in [0.15, 0.2) is 5.78 Å². The summed E-state index contributed by atoms with van der Waals surface area (Å²) in [6, 6.07) is 0. The lowest BCUT2D eigenvalue weighted by Gasteiger charge is -2.38. The van der Waals surface area contributed by atoms with Gasteiger partial charge in [-0.15, -0.1) is 0 Å². The molecular formula is C17H22O3. The van der Waals surface area contributed by atoms with Crippen LogP contribution in [0.2, 0.25) is 0 Å². The molecule has 0 saturated heterocycles. The minimum Gasteiger partial charge on any atom is -0.458 e. The Morgan fingerprint density at radius 1 is 1.40 bits per heavy atom. The van der Waals surface area contributed by atoms with Crippen molar-refractivity contribution in [1.82, 2.24) is 0 Å². The lowest BCUT2D eigenvalue weighted by Crippen LogP contribution is -2.45. The first kappa shape index (κ1) is 12.6. The molecule has 4 aliphatic rings. The predicted octanol–water partition coefficient (Wildman–Crippen LogP) is 3.03. The van der Waals surface area contributed by atoms with Crippen LogP contribution in [0.4, 0.5) is 0 Å². The van der Waals surface area contributed by atoms with Gasteiger partial charge in [-0.2, -0.15) is 0 Å². The quantitative estimate of drug-likeness (QED) is 0.451. The Kier molecular flexibility index (Phi) is 2.49. The van der Waals surface area contributed by atoms with Crippen molar-refractivity contribution in [1.29, 1.82) is 0 Å². The van der Waals surface area contributed by atoms with E-state index in [1.165, 1.54) is 19.3 Å². The molecule has 108 valence electrons. The second kappa shape index (κ2) is 3.96. The molecule has 0 amide bonds. The fourth-order valence-electron chi connectivity index (χ4n) is 5.17. The minimum absolute atomic E-state index is 0.0276. The maximum atomic E-state index is 12.7. The van der Waals surface area contributed by atoms with Gasteiger partial charge < -0.3 is 4.74 Å². The summed E-state index contributed by atoms with van der Waals surface area (Å²) in [4.78, 5) is 25.0. The summed E-state index contributed by atoms with van der Waals surface area (Å²) in [5, 5.41) is 0. The van der Waals surface area contributed by atoms with Gasteiger partial charge in [0, 0.05) is 5.92 Å². The van der Waals surface area contributed by atoms with Gasteiger partial charge in [0.1, 0.15) is 11.0 Å². The van der Waals surface area contributed by atoms with Crippen LogP contribution in [0.25, 0.3) is 0 Å².